The van der Waals surface area contributed by atoms with Gasteiger partial charge in [0.25, 0.3) is 5.91 Å². The van der Waals surface area contributed by atoms with Crippen LogP contribution >= 0.6 is 0 Å². The first kappa shape index (κ1) is 20.0. The van der Waals surface area contributed by atoms with Crippen molar-refractivity contribution in [3.05, 3.63) is 83.8 Å². The summed E-state index contributed by atoms with van der Waals surface area (Å²) < 4.78 is 16.6. The summed E-state index contributed by atoms with van der Waals surface area (Å²) in [5.41, 5.74) is 1.24. The molecule has 0 N–H and O–H groups in total. The zero-order chi connectivity index (χ0) is 20.8. The molecule has 1 fully saturated rings. The monoisotopic (exact) mass is 406 g/mol. The van der Waals surface area contributed by atoms with Crippen LogP contribution in [0.5, 0.6) is 11.5 Å². The highest BCUT2D eigenvalue weighted by Gasteiger charge is 2.24. The van der Waals surface area contributed by atoms with Gasteiger partial charge in [-0.05, 0) is 42.0 Å². The van der Waals surface area contributed by atoms with Gasteiger partial charge in [-0.1, -0.05) is 30.3 Å². The van der Waals surface area contributed by atoms with E-state index in [0.717, 1.165) is 31.1 Å². The number of carbonyl (C=O) groups excluding carboxylic acids is 1. The number of hydrogen-bond acceptors (Lipinski definition) is 5. The fourth-order valence-corrected chi connectivity index (χ4v) is 3.50. The lowest BCUT2D eigenvalue weighted by molar-refractivity contribution is 0.0594. The summed E-state index contributed by atoms with van der Waals surface area (Å²) in [7, 11) is 1.67. The fraction of sp³-hybridized carbons (Fsp3) is 0.292. The number of hydrogen-bond donors (Lipinski definition) is 0. The molecule has 3 aromatic rings. The number of carbonyl (C=O) groups is 1. The van der Waals surface area contributed by atoms with E-state index in [1.165, 1.54) is 5.56 Å². The van der Waals surface area contributed by atoms with Crippen molar-refractivity contribution in [1.29, 1.82) is 0 Å². The van der Waals surface area contributed by atoms with E-state index in [4.69, 9.17) is 13.9 Å². The summed E-state index contributed by atoms with van der Waals surface area (Å²) in [6.45, 7) is 4.21. The molecule has 2 heterocycles. The van der Waals surface area contributed by atoms with Gasteiger partial charge in [-0.3, -0.25) is 9.69 Å². The highest BCUT2D eigenvalue weighted by Crippen LogP contribution is 2.17. The van der Waals surface area contributed by atoms with Crippen LogP contribution in [0.15, 0.2) is 71.1 Å². The molecule has 4 rings (SSSR count). The first-order valence-electron chi connectivity index (χ1n) is 10.1. The van der Waals surface area contributed by atoms with Crippen LogP contribution in [0.4, 0.5) is 0 Å². The molecule has 6 heteroatoms. The quantitative estimate of drug-likeness (QED) is 0.597. The number of methoxy groups -OCH3 is 1. The van der Waals surface area contributed by atoms with Gasteiger partial charge >= 0.3 is 0 Å². The third-order valence-corrected chi connectivity index (χ3v) is 5.22. The summed E-state index contributed by atoms with van der Waals surface area (Å²) in [4.78, 5) is 17.0. The lowest BCUT2D eigenvalue weighted by Crippen LogP contribution is -2.48. The lowest BCUT2D eigenvalue weighted by atomic mass is 10.2. The van der Waals surface area contributed by atoms with E-state index in [9.17, 15) is 4.79 Å². The third kappa shape index (κ3) is 5.02. The Labute approximate surface area is 176 Å². The van der Waals surface area contributed by atoms with E-state index in [-0.39, 0.29) is 5.91 Å². The molecule has 0 unspecified atom stereocenters. The molecule has 0 atom stereocenters. The highest BCUT2D eigenvalue weighted by atomic mass is 16.5. The van der Waals surface area contributed by atoms with Gasteiger partial charge in [-0.15, -0.1) is 0 Å². The predicted molar refractivity (Wildman–Crippen MR) is 114 cm³/mol. The van der Waals surface area contributed by atoms with Crippen molar-refractivity contribution >= 4 is 5.91 Å². The van der Waals surface area contributed by atoms with Gasteiger partial charge in [0, 0.05) is 32.7 Å². The normalized spacial score (nSPS) is 14.5. The van der Waals surface area contributed by atoms with Crippen molar-refractivity contribution in [3.8, 4) is 11.5 Å². The zero-order valence-electron chi connectivity index (χ0n) is 17.1. The van der Waals surface area contributed by atoms with Crippen molar-refractivity contribution in [2.45, 2.75) is 13.2 Å². The highest BCUT2D eigenvalue weighted by molar-refractivity contribution is 5.91. The maximum atomic E-state index is 12.8. The first-order chi connectivity index (χ1) is 14.7. The summed E-state index contributed by atoms with van der Waals surface area (Å²) in [6.07, 6.45) is 0. The SMILES string of the molecule is COc1ccc(CN2CCN(C(=O)c3ccc(COc4ccccc4)o3)CC2)cc1. The number of nitrogens with zero attached hydrogens (tertiary/aromatic N) is 2. The number of furan rings is 1. The molecule has 156 valence electrons. The summed E-state index contributed by atoms with van der Waals surface area (Å²) in [5.74, 6) is 2.58. The van der Waals surface area contributed by atoms with Crippen LogP contribution < -0.4 is 9.47 Å². The molecule has 1 aliphatic rings. The molecular formula is C24H26N2O4. The molecule has 1 amide bonds. The molecule has 0 aliphatic carbocycles. The van der Waals surface area contributed by atoms with Crippen LogP contribution in [-0.2, 0) is 13.2 Å². The van der Waals surface area contributed by atoms with E-state index in [1.54, 1.807) is 19.2 Å². The minimum Gasteiger partial charge on any atom is -0.497 e. The largest absolute Gasteiger partial charge is 0.497 e. The van der Waals surface area contributed by atoms with Crippen molar-refractivity contribution in [2.75, 3.05) is 33.3 Å². The molecular weight excluding hydrogens is 380 g/mol. The third-order valence-electron chi connectivity index (χ3n) is 5.22. The van der Waals surface area contributed by atoms with Crippen LogP contribution in [0.2, 0.25) is 0 Å². The van der Waals surface area contributed by atoms with Gasteiger partial charge in [0.1, 0.15) is 23.9 Å². The Morgan fingerprint density at radius 1 is 0.900 bits per heavy atom. The number of ether oxygens (including phenoxy) is 2. The Hall–Kier alpha value is -3.25. The number of piperazine rings is 1. The van der Waals surface area contributed by atoms with Crippen LogP contribution in [0.1, 0.15) is 21.9 Å². The minimum absolute atomic E-state index is 0.0648. The van der Waals surface area contributed by atoms with Gasteiger partial charge in [-0.25, -0.2) is 0 Å². The smallest absolute Gasteiger partial charge is 0.289 e. The summed E-state index contributed by atoms with van der Waals surface area (Å²) in [6, 6.07) is 21.2. The number of amides is 1. The van der Waals surface area contributed by atoms with Crippen LogP contribution in [-0.4, -0.2) is 49.0 Å². The van der Waals surface area contributed by atoms with Crippen LogP contribution in [0.25, 0.3) is 0 Å². The Kier molecular flexibility index (Phi) is 6.35. The molecule has 6 nitrogen and oxygen atoms in total. The average Bonchev–Trinajstić information content (AvgIpc) is 3.28. The second kappa shape index (κ2) is 9.50. The number of rotatable bonds is 7. The Morgan fingerprint density at radius 3 is 2.33 bits per heavy atom. The van der Waals surface area contributed by atoms with Gasteiger partial charge in [0.15, 0.2) is 5.76 Å². The van der Waals surface area contributed by atoms with E-state index in [0.29, 0.717) is 31.2 Å². The zero-order valence-corrected chi connectivity index (χ0v) is 17.1. The van der Waals surface area contributed by atoms with Crippen molar-refractivity contribution in [3.63, 3.8) is 0 Å². The summed E-state index contributed by atoms with van der Waals surface area (Å²) >= 11 is 0. The first-order valence-corrected chi connectivity index (χ1v) is 10.1. The molecule has 0 saturated carbocycles. The van der Waals surface area contributed by atoms with Crippen LogP contribution in [0, 0.1) is 0 Å². The van der Waals surface area contributed by atoms with Gasteiger partial charge in [-0.2, -0.15) is 0 Å². The lowest BCUT2D eigenvalue weighted by Gasteiger charge is -2.34. The number of para-hydroxylation sites is 1. The van der Waals surface area contributed by atoms with E-state index in [2.05, 4.69) is 17.0 Å². The molecule has 0 spiro atoms. The average molecular weight is 406 g/mol. The minimum atomic E-state index is -0.0648. The Morgan fingerprint density at radius 2 is 1.63 bits per heavy atom. The molecule has 0 radical (unpaired) electrons. The molecule has 1 aliphatic heterocycles. The van der Waals surface area contributed by atoms with E-state index >= 15 is 0 Å². The molecule has 2 aromatic carbocycles. The van der Waals surface area contributed by atoms with Crippen molar-refractivity contribution < 1.29 is 18.7 Å². The number of benzene rings is 2. The Balaban J connectivity index is 1.26. The van der Waals surface area contributed by atoms with Crippen molar-refractivity contribution in [2.24, 2.45) is 0 Å². The fourth-order valence-electron chi connectivity index (χ4n) is 3.50. The molecule has 1 saturated heterocycles. The predicted octanol–water partition coefficient (Wildman–Crippen LogP) is 3.83. The van der Waals surface area contributed by atoms with E-state index in [1.807, 2.05) is 47.4 Å². The maximum absolute atomic E-state index is 12.8. The molecule has 1 aromatic heterocycles. The molecule has 0 bridgehead atoms. The topological polar surface area (TPSA) is 55.2 Å². The van der Waals surface area contributed by atoms with Crippen LogP contribution in [0.3, 0.4) is 0 Å². The second-order valence-corrected chi connectivity index (χ2v) is 7.28. The van der Waals surface area contributed by atoms with Gasteiger partial charge < -0.3 is 18.8 Å². The summed E-state index contributed by atoms with van der Waals surface area (Å²) in [5, 5.41) is 0. The van der Waals surface area contributed by atoms with Gasteiger partial charge in [0.2, 0.25) is 0 Å². The Bertz CT molecular complexity index is 945. The molecule has 30 heavy (non-hydrogen) atoms. The second-order valence-electron chi connectivity index (χ2n) is 7.28. The van der Waals surface area contributed by atoms with Crippen molar-refractivity contribution in [1.82, 2.24) is 9.80 Å². The standard InChI is InChI=1S/C24H26N2O4/c1-28-20-9-7-19(8-10-20)17-25-13-15-26(16-14-25)24(27)23-12-11-22(30-23)18-29-21-5-3-2-4-6-21/h2-12H,13-18H2,1H3. The maximum Gasteiger partial charge on any atom is 0.289 e. The van der Waals surface area contributed by atoms with E-state index < -0.39 is 0 Å². The van der Waals surface area contributed by atoms with Gasteiger partial charge in [0.05, 0.1) is 7.11 Å².